The van der Waals surface area contributed by atoms with Crippen molar-refractivity contribution in [1.82, 2.24) is 0 Å². The summed E-state index contributed by atoms with van der Waals surface area (Å²) in [5, 5.41) is 13.0. The Morgan fingerprint density at radius 3 is 0.800 bits per heavy atom. The van der Waals surface area contributed by atoms with E-state index in [1.807, 2.05) is 0 Å². The number of rotatable bonds is 0. The Hall–Kier alpha value is -0.0979. The largest absolute Gasteiger partial charge is 0.202 e. The predicted molar refractivity (Wildman–Crippen MR) is 13.3 cm³/mol. The molecule has 0 aromatic heterocycles. The van der Waals surface area contributed by atoms with Crippen molar-refractivity contribution >= 4 is 0 Å². The summed E-state index contributed by atoms with van der Waals surface area (Å²) in [6.07, 6.45) is 0. The summed E-state index contributed by atoms with van der Waals surface area (Å²) in [6.45, 7) is 7.00. The second-order valence-corrected chi connectivity index (χ2v) is 0. The van der Waals surface area contributed by atoms with Gasteiger partial charge in [-0.3, -0.25) is 0 Å². The summed E-state index contributed by atoms with van der Waals surface area (Å²) in [5.74, 6) is 0. The molecule has 0 spiro atoms. The first-order valence-electron chi connectivity index (χ1n) is 0.516. The minimum Gasteiger partial charge on any atom is -0.202 e. The Bertz CT molecular complexity index is 23.1. The van der Waals surface area contributed by atoms with Crippen LogP contribution in [0.15, 0.2) is 0 Å². The Balaban J connectivity index is -0.0000000133. The average molecular weight is 166 g/mol. The average Bonchev–Trinajstić information content (AvgIpc) is 1.50. The summed E-state index contributed by atoms with van der Waals surface area (Å²) < 4.78 is 0. The van der Waals surface area contributed by atoms with Gasteiger partial charge in [0.15, 0.2) is 0 Å². The Morgan fingerprint density at radius 2 is 0.800 bits per heavy atom. The second-order valence-electron chi connectivity index (χ2n) is 0. The molecule has 0 N–H and O–H groups in total. The third kappa shape index (κ3) is 1470. The van der Waals surface area contributed by atoms with Gasteiger partial charge in [-0.05, 0) is 0 Å². The van der Waals surface area contributed by atoms with E-state index in [0.717, 1.165) is 0 Å². The molecule has 2 nitrogen and oxygen atoms in total. The standard InChI is InChI=1S/2CHN.Cd/c2*1-2;/h2*1H;. The van der Waals surface area contributed by atoms with Crippen LogP contribution in [0.4, 0.5) is 0 Å². The van der Waals surface area contributed by atoms with Crippen LogP contribution in [0.25, 0.3) is 0 Å². The Kier molecular flexibility index (Phi) is 14100. The van der Waals surface area contributed by atoms with Crippen LogP contribution < -0.4 is 0 Å². The zero-order valence-electron chi connectivity index (χ0n) is 2.76. The third-order valence-electron chi connectivity index (χ3n) is 0. The van der Waals surface area contributed by atoms with Crippen LogP contribution >= 0.6 is 0 Å². The van der Waals surface area contributed by atoms with Crippen LogP contribution in [0.1, 0.15) is 0 Å². The molecule has 0 atom stereocenters. The van der Waals surface area contributed by atoms with Gasteiger partial charge in [0.2, 0.25) is 0 Å². The maximum atomic E-state index is 6.50. The summed E-state index contributed by atoms with van der Waals surface area (Å²) in [7, 11) is 0. The number of nitrogens with zero attached hydrogens (tertiary/aromatic N) is 2. The van der Waals surface area contributed by atoms with Crippen LogP contribution in [0.2, 0.25) is 0 Å². The summed E-state index contributed by atoms with van der Waals surface area (Å²) in [4.78, 5) is 0. The van der Waals surface area contributed by atoms with Gasteiger partial charge in [-0.2, -0.15) is 0 Å². The molecule has 0 aromatic rings. The van der Waals surface area contributed by atoms with Gasteiger partial charge in [-0.1, -0.05) is 0 Å². The van der Waals surface area contributed by atoms with Gasteiger partial charge in [0.05, 0.1) is 0 Å². The smallest absolute Gasteiger partial charge is 0.0462 e. The number of hydrogen-bond acceptors (Lipinski definition) is 2. The zero-order chi connectivity index (χ0) is 4.00. The van der Waals surface area contributed by atoms with Gasteiger partial charge in [0, 0.05) is 40.4 Å². The van der Waals surface area contributed by atoms with Crippen molar-refractivity contribution in [3.05, 3.63) is 0 Å². The van der Waals surface area contributed by atoms with Gasteiger partial charge < -0.3 is 0 Å². The molecule has 0 heterocycles. The van der Waals surface area contributed by atoms with Crippen LogP contribution in [0, 0.1) is 23.7 Å². The number of nitriles is 2. The van der Waals surface area contributed by atoms with E-state index in [4.69, 9.17) is 10.5 Å². The molecule has 0 aliphatic heterocycles. The van der Waals surface area contributed by atoms with Gasteiger partial charge in [-0.25, -0.2) is 10.5 Å². The van der Waals surface area contributed by atoms with E-state index in [1.165, 1.54) is 0 Å². The SMILES string of the molecule is C#N.C#N.[Cd]. The van der Waals surface area contributed by atoms with Crippen molar-refractivity contribution < 1.29 is 27.3 Å². The molecule has 5 heavy (non-hydrogen) atoms. The van der Waals surface area contributed by atoms with E-state index in [0.29, 0.717) is 0 Å². The van der Waals surface area contributed by atoms with Gasteiger partial charge in [-0.15, -0.1) is 0 Å². The Morgan fingerprint density at radius 1 is 0.800 bits per heavy atom. The molecule has 0 rings (SSSR count). The zero-order valence-corrected chi connectivity index (χ0v) is 6.79. The van der Waals surface area contributed by atoms with Gasteiger partial charge >= 0.3 is 0 Å². The minimum atomic E-state index is 0. The molecule has 0 aliphatic rings. The molecule has 0 radical (unpaired) electrons. The van der Waals surface area contributed by atoms with Gasteiger partial charge in [0.25, 0.3) is 0 Å². The van der Waals surface area contributed by atoms with E-state index in [1.54, 1.807) is 0 Å². The fourth-order valence-electron chi connectivity index (χ4n) is 0. The number of hydrogen-bond donors (Lipinski definition) is 0. The maximum Gasteiger partial charge on any atom is 0.0462 e. The molecule has 0 fully saturated rings. The van der Waals surface area contributed by atoms with Crippen molar-refractivity contribution in [2.24, 2.45) is 0 Å². The summed E-state index contributed by atoms with van der Waals surface area (Å²) >= 11 is 0. The Labute approximate surface area is 51.2 Å². The molecule has 0 aliphatic carbocycles. The van der Waals surface area contributed by atoms with Crippen molar-refractivity contribution in [3.8, 4) is 13.1 Å². The first-order valence-corrected chi connectivity index (χ1v) is 0.516. The molecule has 22 valence electrons. The van der Waals surface area contributed by atoms with E-state index in [-0.39, 0.29) is 27.3 Å². The van der Waals surface area contributed by atoms with Crippen LogP contribution in [-0.2, 0) is 27.3 Å². The summed E-state index contributed by atoms with van der Waals surface area (Å²) in [5.41, 5.74) is 0. The normalized spacial score (nSPS) is 0.800. The molecule has 3 heteroatoms. The minimum absolute atomic E-state index is 0. The van der Waals surface area contributed by atoms with Crippen LogP contribution in [0.5, 0.6) is 0 Å². The fraction of sp³-hybridized carbons (Fsp3) is 0. The van der Waals surface area contributed by atoms with E-state index in [9.17, 15) is 0 Å². The van der Waals surface area contributed by atoms with E-state index in [2.05, 4.69) is 13.1 Å². The molecular weight excluding hydrogens is 164 g/mol. The van der Waals surface area contributed by atoms with E-state index < -0.39 is 0 Å². The molecule has 0 saturated carbocycles. The fourth-order valence-corrected chi connectivity index (χ4v) is 0. The van der Waals surface area contributed by atoms with Crippen LogP contribution in [-0.4, -0.2) is 0 Å². The second kappa shape index (κ2) is 3430. The van der Waals surface area contributed by atoms with E-state index >= 15 is 0 Å². The first-order chi connectivity index (χ1) is 2.00. The van der Waals surface area contributed by atoms with Gasteiger partial charge in [0.1, 0.15) is 0 Å². The van der Waals surface area contributed by atoms with Crippen molar-refractivity contribution in [3.63, 3.8) is 0 Å². The quantitative estimate of drug-likeness (QED) is 0.485. The maximum absolute atomic E-state index is 6.50. The molecule has 0 bridgehead atoms. The van der Waals surface area contributed by atoms with Crippen molar-refractivity contribution in [1.29, 1.82) is 10.5 Å². The molecule has 0 amide bonds. The molecule has 0 aromatic carbocycles. The molecular formula is C2H2CdN2. The third-order valence-corrected chi connectivity index (χ3v) is 0. The predicted octanol–water partition coefficient (Wildman–Crippen LogP) is 0.277. The van der Waals surface area contributed by atoms with Crippen molar-refractivity contribution in [2.45, 2.75) is 0 Å². The molecule has 0 unspecified atom stereocenters. The topological polar surface area (TPSA) is 47.6 Å². The summed E-state index contributed by atoms with van der Waals surface area (Å²) in [6, 6.07) is 0. The monoisotopic (exact) mass is 168 g/mol. The first kappa shape index (κ1) is 20.6. The molecule has 0 saturated heterocycles. The van der Waals surface area contributed by atoms with Crippen molar-refractivity contribution in [2.75, 3.05) is 0 Å². The van der Waals surface area contributed by atoms with Crippen LogP contribution in [0.3, 0.4) is 0 Å².